The minimum absolute atomic E-state index is 0.140. The van der Waals surface area contributed by atoms with Gasteiger partial charge < -0.3 is 15.1 Å². The molecule has 1 saturated heterocycles. The van der Waals surface area contributed by atoms with Crippen molar-refractivity contribution in [3.05, 3.63) is 12.4 Å². The fourth-order valence-electron chi connectivity index (χ4n) is 2.56. The second-order valence-corrected chi connectivity index (χ2v) is 6.07. The number of piperidine rings is 1. The summed E-state index contributed by atoms with van der Waals surface area (Å²) in [4.78, 5) is 23.5. The van der Waals surface area contributed by atoms with Gasteiger partial charge in [-0.3, -0.25) is 4.79 Å². The average molecular weight is 345 g/mol. The molecule has 134 valence electrons. The number of hydrogen-bond donors (Lipinski definition) is 1. The molecule has 0 radical (unpaired) electrons. The highest BCUT2D eigenvalue weighted by atomic mass is 19.4. The molecule has 1 aromatic heterocycles. The summed E-state index contributed by atoms with van der Waals surface area (Å²) >= 11 is 0. The summed E-state index contributed by atoms with van der Waals surface area (Å²) < 4.78 is 36.5. The average Bonchev–Trinajstić information content (AvgIpc) is 2.53. The molecule has 0 aliphatic carbocycles. The third-order valence-corrected chi connectivity index (χ3v) is 3.93. The molecule has 1 aliphatic heterocycles. The van der Waals surface area contributed by atoms with Crippen LogP contribution in [0.4, 0.5) is 24.8 Å². The Bertz CT molecular complexity index is 556. The van der Waals surface area contributed by atoms with Gasteiger partial charge in [-0.2, -0.15) is 13.2 Å². The van der Waals surface area contributed by atoms with Gasteiger partial charge in [0.2, 0.25) is 5.91 Å². The van der Waals surface area contributed by atoms with Gasteiger partial charge in [0, 0.05) is 45.7 Å². The van der Waals surface area contributed by atoms with Crippen LogP contribution in [0.3, 0.4) is 0 Å². The van der Waals surface area contributed by atoms with Crippen molar-refractivity contribution in [2.75, 3.05) is 37.4 Å². The monoisotopic (exact) mass is 345 g/mol. The molecular formula is C15H22F3N5O. The Balaban J connectivity index is 1.80. The molecule has 0 aromatic carbocycles. The van der Waals surface area contributed by atoms with Crippen molar-refractivity contribution in [2.24, 2.45) is 0 Å². The lowest BCUT2D eigenvalue weighted by atomic mass is 10.0. The Morgan fingerprint density at radius 3 is 2.58 bits per heavy atom. The van der Waals surface area contributed by atoms with Crippen molar-refractivity contribution in [3.8, 4) is 0 Å². The van der Waals surface area contributed by atoms with Crippen molar-refractivity contribution >= 4 is 17.5 Å². The van der Waals surface area contributed by atoms with Crippen molar-refractivity contribution in [1.82, 2.24) is 14.9 Å². The highest BCUT2D eigenvalue weighted by Crippen LogP contribution is 2.23. The van der Waals surface area contributed by atoms with Gasteiger partial charge in [-0.1, -0.05) is 0 Å². The van der Waals surface area contributed by atoms with Crippen LogP contribution in [0.25, 0.3) is 0 Å². The maximum absolute atomic E-state index is 12.2. The van der Waals surface area contributed by atoms with Crippen LogP contribution in [0, 0.1) is 0 Å². The summed E-state index contributed by atoms with van der Waals surface area (Å²) in [6, 6.07) is 1.97. The lowest BCUT2D eigenvalue weighted by molar-refractivity contribution is -0.149. The van der Waals surface area contributed by atoms with Crippen molar-refractivity contribution in [3.63, 3.8) is 0 Å². The number of alkyl halides is 3. The molecule has 6 nitrogen and oxygen atoms in total. The van der Waals surface area contributed by atoms with Crippen LogP contribution >= 0.6 is 0 Å². The number of nitrogens with one attached hydrogen (secondary N) is 1. The van der Waals surface area contributed by atoms with E-state index in [0.717, 1.165) is 5.82 Å². The summed E-state index contributed by atoms with van der Waals surface area (Å²) in [7, 11) is 3.77. The number of hydrogen-bond acceptors (Lipinski definition) is 5. The number of halogens is 3. The van der Waals surface area contributed by atoms with Crippen LogP contribution < -0.4 is 10.2 Å². The number of nitrogens with zero attached hydrogens (tertiary/aromatic N) is 4. The standard InChI is InChI=1S/C15H22F3N5O/c1-22(2)13-9-12(19-10-20-13)21-11-4-7-23(8-5-11)14(24)3-6-15(16,17)18/h9-11H,3-8H2,1-2H3,(H,19,20,21). The van der Waals surface area contributed by atoms with Crippen LogP contribution in [0.15, 0.2) is 12.4 Å². The third kappa shape index (κ3) is 5.54. The molecule has 2 heterocycles. The number of rotatable bonds is 5. The van der Waals surface area contributed by atoms with E-state index in [1.807, 2.05) is 25.1 Å². The Morgan fingerprint density at radius 2 is 2.00 bits per heavy atom. The maximum Gasteiger partial charge on any atom is 0.389 e. The van der Waals surface area contributed by atoms with Crippen molar-refractivity contribution in [1.29, 1.82) is 0 Å². The third-order valence-electron chi connectivity index (χ3n) is 3.93. The fourth-order valence-corrected chi connectivity index (χ4v) is 2.56. The summed E-state index contributed by atoms with van der Waals surface area (Å²) in [6.45, 7) is 0.917. The number of aromatic nitrogens is 2. The quantitative estimate of drug-likeness (QED) is 0.887. The summed E-state index contributed by atoms with van der Waals surface area (Å²) in [5.41, 5.74) is 0. The number of carbonyl (C=O) groups is 1. The van der Waals surface area contributed by atoms with E-state index in [1.165, 1.54) is 11.2 Å². The van der Waals surface area contributed by atoms with E-state index >= 15 is 0 Å². The maximum atomic E-state index is 12.2. The fraction of sp³-hybridized carbons (Fsp3) is 0.667. The lowest BCUT2D eigenvalue weighted by Crippen LogP contribution is -2.42. The normalized spacial score (nSPS) is 16.1. The molecule has 0 saturated carbocycles. The molecular weight excluding hydrogens is 323 g/mol. The van der Waals surface area contributed by atoms with Crippen LogP contribution in [0.1, 0.15) is 25.7 Å². The second kappa shape index (κ2) is 7.67. The lowest BCUT2D eigenvalue weighted by Gasteiger charge is -2.33. The summed E-state index contributed by atoms with van der Waals surface area (Å²) in [5, 5.41) is 3.30. The Kier molecular flexibility index (Phi) is 5.84. The molecule has 1 fully saturated rings. The number of amides is 1. The SMILES string of the molecule is CN(C)c1cc(NC2CCN(C(=O)CCC(F)(F)F)CC2)ncn1. The molecule has 0 atom stereocenters. The van der Waals surface area contributed by atoms with E-state index < -0.39 is 24.9 Å². The Hall–Kier alpha value is -2.06. The van der Waals surface area contributed by atoms with Gasteiger partial charge in [0.25, 0.3) is 0 Å². The predicted molar refractivity (Wildman–Crippen MR) is 84.9 cm³/mol. The Morgan fingerprint density at radius 1 is 1.33 bits per heavy atom. The van der Waals surface area contributed by atoms with Gasteiger partial charge in [-0.15, -0.1) is 0 Å². The zero-order valence-electron chi connectivity index (χ0n) is 13.8. The van der Waals surface area contributed by atoms with Gasteiger partial charge in [0.1, 0.15) is 18.0 Å². The molecule has 0 unspecified atom stereocenters. The van der Waals surface area contributed by atoms with Gasteiger partial charge in [0.05, 0.1) is 6.42 Å². The first-order valence-electron chi connectivity index (χ1n) is 7.85. The molecule has 0 bridgehead atoms. The van der Waals surface area contributed by atoms with Crippen LogP contribution in [0.2, 0.25) is 0 Å². The van der Waals surface area contributed by atoms with Crippen LogP contribution in [0.5, 0.6) is 0 Å². The minimum atomic E-state index is -4.29. The highest BCUT2D eigenvalue weighted by Gasteiger charge is 2.30. The minimum Gasteiger partial charge on any atom is -0.367 e. The number of carbonyl (C=O) groups excluding carboxylic acids is 1. The van der Waals surface area contributed by atoms with E-state index in [9.17, 15) is 18.0 Å². The van der Waals surface area contributed by atoms with Gasteiger partial charge in [-0.05, 0) is 12.8 Å². The summed E-state index contributed by atoms with van der Waals surface area (Å²) in [6.07, 6.45) is -2.98. The van der Waals surface area contributed by atoms with E-state index in [2.05, 4.69) is 15.3 Å². The topological polar surface area (TPSA) is 61.4 Å². The van der Waals surface area contributed by atoms with Crippen molar-refractivity contribution < 1.29 is 18.0 Å². The van der Waals surface area contributed by atoms with E-state index in [-0.39, 0.29) is 6.04 Å². The first-order valence-corrected chi connectivity index (χ1v) is 7.85. The zero-order valence-corrected chi connectivity index (χ0v) is 13.8. The van der Waals surface area contributed by atoms with Crippen molar-refractivity contribution in [2.45, 2.75) is 37.9 Å². The highest BCUT2D eigenvalue weighted by molar-refractivity contribution is 5.76. The summed E-state index contributed by atoms with van der Waals surface area (Å²) in [5.74, 6) is 1.06. The molecule has 1 aliphatic rings. The van der Waals surface area contributed by atoms with E-state index in [4.69, 9.17) is 0 Å². The van der Waals surface area contributed by atoms with Gasteiger partial charge >= 0.3 is 6.18 Å². The molecule has 2 rings (SSSR count). The Labute approximate surface area is 139 Å². The first kappa shape index (κ1) is 18.3. The largest absolute Gasteiger partial charge is 0.389 e. The van der Waals surface area contributed by atoms with Gasteiger partial charge in [-0.25, -0.2) is 9.97 Å². The van der Waals surface area contributed by atoms with E-state index in [1.54, 1.807) is 0 Å². The number of anilines is 2. The first-order chi connectivity index (χ1) is 11.2. The smallest absolute Gasteiger partial charge is 0.367 e. The molecule has 1 aromatic rings. The molecule has 1 amide bonds. The van der Waals surface area contributed by atoms with Gasteiger partial charge in [0.15, 0.2) is 0 Å². The molecule has 0 spiro atoms. The molecule has 9 heteroatoms. The molecule has 24 heavy (non-hydrogen) atoms. The van der Waals surface area contributed by atoms with Crippen LogP contribution in [-0.4, -0.2) is 60.2 Å². The zero-order chi connectivity index (χ0) is 17.7. The number of likely N-dealkylation sites (tertiary alicyclic amines) is 1. The van der Waals surface area contributed by atoms with E-state index in [0.29, 0.717) is 31.7 Å². The second-order valence-electron chi connectivity index (χ2n) is 6.07. The van der Waals surface area contributed by atoms with Crippen LogP contribution in [-0.2, 0) is 4.79 Å². The molecule has 1 N–H and O–H groups in total. The predicted octanol–water partition coefficient (Wildman–Crippen LogP) is 2.29.